The molecule has 3 aromatic rings. The van der Waals surface area contributed by atoms with Crippen LogP contribution in [-0.4, -0.2) is 23.6 Å². The maximum absolute atomic E-state index is 11.0. The molecule has 0 aromatic heterocycles. The first-order chi connectivity index (χ1) is 14.0. The predicted molar refractivity (Wildman–Crippen MR) is 113 cm³/mol. The van der Waals surface area contributed by atoms with Gasteiger partial charge in [0.15, 0.2) is 5.84 Å². The number of halogens is 1. The number of nitrogens with zero attached hydrogens (tertiary/aromatic N) is 3. The number of rotatable bonds is 4. The van der Waals surface area contributed by atoms with Crippen LogP contribution in [0.4, 0.5) is 11.4 Å². The first kappa shape index (κ1) is 18.6. The zero-order chi connectivity index (χ0) is 20.4. The number of methoxy groups -OCH3 is 1. The van der Waals surface area contributed by atoms with E-state index < -0.39 is 4.92 Å². The summed E-state index contributed by atoms with van der Waals surface area (Å²) in [7, 11) is 1.61. The second-order valence-electron chi connectivity index (χ2n) is 6.23. The van der Waals surface area contributed by atoms with Gasteiger partial charge in [-0.15, -0.1) is 0 Å². The van der Waals surface area contributed by atoms with Gasteiger partial charge in [0.25, 0.3) is 5.69 Å². The molecular weight excluding hydrogens is 392 g/mol. The van der Waals surface area contributed by atoms with Crippen LogP contribution < -0.4 is 10.2 Å². The fraction of sp³-hybridized carbons (Fsp3) is 0.0476. The molecule has 144 valence electrons. The quantitative estimate of drug-likeness (QED) is 0.502. The van der Waals surface area contributed by atoms with Crippen LogP contribution in [0.5, 0.6) is 5.75 Å². The van der Waals surface area contributed by atoms with Gasteiger partial charge in [-0.3, -0.25) is 15.5 Å². The van der Waals surface area contributed by atoms with Crippen LogP contribution in [0.2, 0.25) is 5.02 Å². The predicted octanol–water partition coefficient (Wildman–Crippen LogP) is 4.69. The lowest BCUT2D eigenvalue weighted by Gasteiger charge is -2.08. The first-order valence-corrected chi connectivity index (χ1v) is 9.04. The highest BCUT2D eigenvalue weighted by atomic mass is 35.5. The lowest BCUT2D eigenvalue weighted by Crippen LogP contribution is -2.19. The zero-order valence-corrected chi connectivity index (χ0v) is 16.1. The molecule has 1 aliphatic rings. The lowest BCUT2D eigenvalue weighted by molar-refractivity contribution is -0.384. The molecule has 1 N–H and O–H groups in total. The molecule has 4 rings (SSSR count). The molecule has 29 heavy (non-hydrogen) atoms. The molecular formula is C21H15ClN4O3. The Morgan fingerprint density at radius 3 is 2.34 bits per heavy atom. The number of aliphatic imine (C=N–C) groups is 1. The average Bonchev–Trinajstić information content (AvgIpc) is 2.93. The van der Waals surface area contributed by atoms with Crippen LogP contribution in [-0.2, 0) is 0 Å². The van der Waals surface area contributed by atoms with Crippen molar-refractivity contribution in [2.24, 2.45) is 10.1 Å². The number of hydrogen-bond donors (Lipinski definition) is 1. The SMILES string of the molecule is COc1ccc(C2=Nc3ccc(Cl)cc3C(c3ccc([N+](=O)[O-])cc3)=NN2)cc1. The van der Waals surface area contributed by atoms with E-state index in [1.165, 1.54) is 12.1 Å². The molecule has 7 nitrogen and oxygen atoms in total. The number of nitrogens with one attached hydrogen (secondary N) is 1. The molecule has 0 saturated carbocycles. The summed E-state index contributed by atoms with van der Waals surface area (Å²) >= 11 is 6.21. The van der Waals surface area contributed by atoms with E-state index >= 15 is 0 Å². The van der Waals surface area contributed by atoms with E-state index in [0.717, 1.165) is 16.9 Å². The third-order valence-corrected chi connectivity index (χ3v) is 4.67. The summed E-state index contributed by atoms with van der Waals surface area (Å²) in [4.78, 5) is 15.2. The Kier molecular flexibility index (Phi) is 4.97. The molecule has 0 fully saturated rings. The van der Waals surface area contributed by atoms with Crippen molar-refractivity contribution >= 4 is 34.5 Å². The molecule has 0 atom stereocenters. The van der Waals surface area contributed by atoms with E-state index in [4.69, 9.17) is 21.3 Å². The molecule has 8 heteroatoms. The van der Waals surface area contributed by atoms with Crippen LogP contribution in [0.25, 0.3) is 0 Å². The Morgan fingerprint density at radius 2 is 1.69 bits per heavy atom. The van der Waals surface area contributed by atoms with Crippen molar-refractivity contribution in [1.82, 2.24) is 5.43 Å². The van der Waals surface area contributed by atoms with Gasteiger partial charge in [0.2, 0.25) is 0 Å². The fourth-order valence-electron chi connectivity index (χ4n) is 2.95. The minimum absolute atomic E-state index is 0.0115. The zero-order valence-electron chi connectivity index (χ0n) is 15.3. The normalized spacial score (nSPS) is 12.8. The third-order valence-electron chi connectivity index (χ3n) is 4.43. The van der Waals surface area contributed by atoms with Crippen molar-refractivity contribution < 1.29 is 9.66 Å². The second kappa shape index (κ2) is 7.73. The maximum Gasteiger partial charge on any atom is 0.269 e. The minimum Gasteiger partial charge on any atom is -0.497 e. The van der Waals surface area contributed by atoms with E-state index in [1.807, 2.05) is 30.3 Å². The molecule has 0 spiro atoms. The smallest absolute Gasteiger partial charge is 0.269 e. The van der Waals surface area contributed by atoms with Gasteiger partial charge in [-0.2, -0.15) is 5.10 Å². The Hall–Kier alpha value is -3.71. The van der Waals surface area contributed by atoms with Crippen LogP contribution in [0.3, 0.4) is 0 Å². The number of nitro groups is 1. The number of amidine groups is 1. The molecule has 0 amide bonds. The maximum atomic E-state index is 11.0. The monoisotopic (exact) mass is 406 g/mol. The van der Waals surface area contributed by atoms with Gasteiger partial charge in [0.1, 0.15) is 11.5 Å². The first-order valence-electron chi connectivity index (χ1n) is 8.67. The van der Waals surface area contributed by atoms with Crippen molar-refractivity contribution in [2.45, 2.75) is 0 Å². The van der Waals surface area contributed by atoms with Gasteiger partial charge >= 0.3 is 0 Å². The number of nitro benzene ring substituents is 1. The molecule has 0 aliphatic carbocycles. The topological polar surface area (TPSA) is 89.1 Å². The standard InChI is InChI=1S/C21H15ClN4O3/c1-29-17-9-4-14(5-10-17)21-23-19-11-6-15(22)12-18(19)20(24-25-21)13-2-7-16(8-3-13)26(27)28/h2-12H,1H3,(H,23,25). The highest BCUT2D eigenvalue weighted by molar-refractivity contribution is 6.31. The van der Waals surface area contributed by atoms with Gasteiger partial charge in [-0.25, -0.2) is 4.99 Å². The van der Waals surface area contributed by atoms with Crippen molar-refractivity contribution in [3.05, 3.63) is 98.6 Å². The van der Waals surface area contributed by atoms with Crippen LogP contribution in [0.1, 0.15) is 16.7 Å². The number of hydrogen-bond acceptors (Lipinski definition) is 6. The summed E-state index contributed by atoms with van der Waals surface area (Å²) in [6, 6.07) is 19.0. The Morgan fingerprint density at radius 1 is 1.00 bits per heavy atom. The number of ether oxygens (including phenoxy) is 1. The summed E-state index contributed by atoms with van der Waals surface area (Å²) in [6.07, 6.45) is 0. The summed E-state index contributed by atoms with van der Waals surface area (Å²) in [5, 5.41) is 16.0. The number of non-ortho nitro benzene ring substituents is 1. The van der Waals surface area contributed by atoms with Gasteiger partial charge < -0.3 is 4.74 Å². The number of benzene rings is 3. The largest absolute Gasteiger partial charge is 0.497 e. The van der Waals surface area contributed by atoms with Gasteiger partial charge in [-0.05, 0) is 54.6 Å². The van der Waals surface area contributed by atoms with E-state index in [-0.39, 0.29) is 5.69 Å². The molecule has 1 heterocycles. The van der Waals surface area contributed by atoms with Crippen LogP contribution in [0.15, 0.2) is 76.8 Å². The van der Waals surface area contributed by atoms with E-state index in [0.29, 0.717) is 27.8 Å². The molecule has 0 saturated heterocycles. The van der Waals surface area contributed by atoms with E-state index in [9.17, 15) is 10.1 Å². The Balaban J connectivity index is 1.80. The highest BCUT2D eigenvalue weighted by Crippen LogP contribution is 2.29. The summed E-state index contributed by atoms with van der Waals surface area (Å²) in [5.41, 5.74) is 6.55. The summed E-state index contributed by atoms with van der Waals surface area (Å²) in [6.45, 7) is 0. The molecule has 0 radical (unpaired) electrons. The van der Waals surface area contributed by atoms with Gasteiger partial charge in [0.05, 0.1) is 17.7 Å². The Labute approximate surface area is 171 Å². The highest BCUT2D eigenvalue weighted by Gasteiger charge is 2.18. The van der Waals surface area contributed by atoms with Crippen molar-refractivity contribution in [2.75, 3.05) is 7.11 Å². The molecule has 0 unspecified atom stereocenters. The lowest BCUT2D eigenvalue weighted by atomic mass is 10.0. The van der Waals surface area contributed by atoms with Gasteiger partial charge in [-0.1, -0.05) is 11.6 Å². The molecule has 1 aliphatic heterocycles. The summed E-state index contributed by atoms with van der Waals surface area (Å²) in [5.74, 6) is 1.30. The second-order valence-corrected chi connectivity index (χ2v) is 6.66. The average molecular weight is 407 g/mol. The van der Waals surface area contributed by atoms with Crippen molar-refractivity contribution in [1.29, 1.82) is 0 Å². The fourth-order valence-corrected chi connectivity index (χ4v) is 3.12. The van der Waals surface area contributed by atoms with E-state index in [2.05, 4.69) is 10.5 Å². The molecule has 0 bridgehead atoms. The van der Waals surface area contributed by atoms with Gasteiger partial charge in [0, 0.05) is 33.8 Å². The van der Waals surface area contributed by atoms with Crippen molar-refractivity contribution in [3.8, 4) is 5.75 Å². The van der Waals surface area contributed by atoms with Crippen LogP contribution in [0, 0.1) is 10.1 Å². The van der Waals surface area contributed by atoms with Crippen LogP contribution >= 0.6 is 11.6 Å². The molecule has 3 aromatic carbocycles. The third kappa shape index (κ3) is 3.81. The van der Waals surface area contributed by atoms with Crippen molar-refractivity contribution in [3.63, 3.8) is 0 Å². The Bertz CT molecular complexity index is 1140. The number of hydrazone groups is 1. The minimum atomic E-state index is -0.438. The van der Waals surface area contributed by atoms with E-state index in [1.54, 1.807) is 31.4 Å². The number of fused-ring (bicyclic) bond motifs is 1. The summed E-state index contributed by atoms with van der Waals surface area (Å²) < 4.78 is 5.20.